The number of rotatable bonds is 3. The number of ether oxygens (including phenoxy) is 2. The fourth-order valence-corrected chi connectivity index (χ4v) is 4.12. The molecule has 0 radical (unpaired) electrons. The highest BCUT2D eigenvalue weighted by Gasteiger charge is 2.30. The second-order valence-electron chi connectivity index (χ2n) is 7.56. The van der Waals surface area contributed by atoms with Gasteiger partial charge in [0.05, 0.1) is 13.2 Å². The molecule has 0 aliphatic carbocycles. The van der Waals surface area contributed by atoms with E-state index in [4.69, 9.17) is 21.1 Å². The Bertz CT molecular complexity index is 837. The lowest BCUT2D eigenvalue weighted by atomic mass is 9.95. The molecule has 0 atom stereocenters. The van der Waals surface area contributed by atoms with Crippen molar-refractivity contribution in [2.24, 2.45) is 5.92 Å². The molecule has 2 saturated heterocycles. The van der Waals surface area contributed by atoms with Gasteiger partial charge in [-0.25, -0.2) is 0 Å². The second kappa shape index (κ2) is 9.01. The third-order valence-corrected chi connectivity index (χ3v) is 5.86. The van der Waals surface area contributed by atoms with Crippen LogP contribution in [0.15, 0.2) is 35.9 Å². The summed E-state index contributed by atoms with van der Waals surface area (Å²) in [6.07, 6.45) is 6.81. The summed E-state index contributed by atoms with van der Waals surface area (Å²) < 4.78 is 11.0. The SMILES string of the molecule is O=C(/C=C/C1=Cc2cc(Cl)ccc2OC1)N1CCC(C(=O)N2CCOCC2)CC1. The molecule has 29 heavy (non-hydrogen) atoms. The highest BCUT2D eigenvalue weighted by atomic mass is 35.5. The summed E-state index contributed by atoms with van der Waals surface area (Å²) in [5.74, 6) is 0.986. The van der Waals surface area contributed by atoms with Gasteiger partial charge in [0.2, 0.25) is 11.8 Å². The Morgan fingerprint density at radius 1 is 1.07 bits per heavy atom. The van der Waals surface area contributed by atoms with Gasteiger partial charge in [0.25, 0.3) is 0 Å². The summed E-state index contributed by atoms with van der Waals surface area (Å²) in [7, 11) is 0. The number of carbonyl (C=O) groups excluding carboxylic acids is 2. The van der Waals surface area contributed by atoms with Crippen LogP contribution in [0.4, 0.5) is 0 Å². The molecular weight excluding hydrogens is 392 g/mol. The number of nitrogens with zero attached hydrogens (tertiary/aromatic N) is 2. The smallest absolute Gasteiger partial charge is 0.246 e. The molecule has 6 nitrogen and oxygen atoms in total. The normalized spacial score (nSPS) is 20.2. The van der Waals surface area contributed by atoms with Gasteiger partial charge in [-0.1, -0.05) is 17.7 Å². The molecule has 3 aliphatic rings. The van der Waals surface area contributed by atoms with Crippen molar-refractivity contribution in [1.82, 2.24) is 9.80 Å². The molecule has 0 bridgehead atoms. The summed E-state index contributed by atoms with van der Waals surface area (Å²) in [6, 6.07) is 5.50. The monoisotopic (exact) mass is 416 g/mol. The highest BCUT2D eigenvalue weighted by molar-refractivity contribution is 6.30. The first kappa shape index (κ1) is 20.0. The number of fused-ring (bicyclic) bond motifs is 1. The molecule has 4 rings (SSSR count). The van der Waals surface area contributed by atoms with Crippen molar-refractivity contribution in [2.45, 2.75) is 12.8 Å². The van der Waals surface area contributed by atoms with Gasteiger partial charge in [0.15, 0.2) is 0 Å². The zero-order valence-corrected chi connectivity index (χ0v) is 17.1. The molecule has 1 aromatic carbocycles. The predicted octanol–water partition coefficient (Wildman–Crippen LogP) is 2.77. The largest absolute Gasteiger partial charge is 0.488 e. The van der Waals surface area contributed by atoms with Gasteiger partial charge in [0, 0.05) is 48.8 Å². The lowest BCUT2D eigenvalue weighted by molar-refractivity contribution is -0.142. The fraction of sp³-hybridized carbons (Fsp3) is 0.455. The van der Waals surface area contributed by atoms with E-state index in [1.165, 1.54) is 0 Å². The molecule has 0 unspecified atom stereocenters. The predicted molar refractivity (Wildman–Crippen MR) is 111 cm³/mol. The summed E-state index contributed by atoms with van der Waals surface area (Å²) in [4.78, 5) is 28.9. The van der Waals surface area contributed by atoms with Crippen LogP contribution in [-0.2, 0) is 14.3 Å². The minimum Gasteiger partial charge on any atom is -0.488 e. The Labute approximate surface area is 175 Å². The van der Waals surface area contributed by atoms with Crippen LogP contribution in [0.3, 0.4) is 0 Å². The number of morpholine rings is 1. The summed E-state index contributed by atoms with van der Waals surface area (Å²) in [5, 5.41) is 0.652. The van der Waals surface area contributed by atoms with Crippen molar-refractivity contribution < 1.29 is 19.1 Å². The average Bonchev–Trinajstić information content (AvgIpc) is 2.77. The highest BCUT2D eigenvalue weighted by Crippen LogP contribution is 2.29. The van der Waals surface area contributed by atoms with Crippen molar-refractivity contribution >= 4 is 29.5 Å². The van der Waals surface area contributed by atoms with Crippen molar-refractivity contribution in [2.75, 3.05) is 46.0 Å². The van der Waals surface area contributed by atoms with Gasteiger partial charge < -0.3 is 19.3 Å². The van der Waals surface area contributed by atoms with Crippen LogP contribution in [0.5, 0.6) is 5.75 Å². The van der Waals surface area contributed by atoms with E-state index >= 15 is 0 Å². The molecule has 2 fully saturated rings. The zero-order chi connectivity index (χ0) is 20.2. The molecule has 154 valence electrons. The van der Waals surface area contributed by atoms with Crippen LogP contribution in [0.2, 0.25) is 5.02 Å². The van der Waals surface area contributed by atoms with Crippen LogP contribution < -0.4 is 4.74 Å². The topological polar surface area (TPSA) is 59.1 Å². The Balaban J connectivity index is 1.30. The number of benzene rings is 1. The first-order valence-electron chi connectivity index (χ1n) is 10.1. The van der Waals surface area contributed by atoms with E-state index in [-0.39, 0.29) is 17.7 Å². The molecule has 0 aromatic heterocycles. The molecule has 1 aromatic rings. The standard InChI is InChI=1S/C22H25ClN2O4/c23-19-2-3-20-18(14-19)13-16(15-29-20)1-4-21(26)24-7-5-17(6-8-24)22(27)25-9-11-28-12-10-25/h1-4,13-14,17H,5-12,15H2/b4-1+. The van der Waals surface area contributed by atoms with E-state index in [1.54, 1.807) is 18.2 Å². The maximum absolute atomic E-state index is 12.6. The van der Waals surface area contributed by atoms with Crippen molar-refractivity contribution in [3.63, 3.8) is 0 Å². The summed E-state index contributed by atoms with van der Waals surface area (Å²) in [6.45, 7) is 4.22. The molecule has 0 N–H and O–H groups in total. The lowest BCUT2D eigenvalue weighted by Gasteiger charge is -2.35. The number of hydrogen-bond donors (Lipinski definition) is 0. The molecule has 3 aliphatic heterocycles. The third kappa shape index (κ3) is 4.82. The van der Waals surface area contributed by atoms with Gasteiger partial charge >= 0.3 is 0 Å². The number of amides is 2. The maximum atomic E-state index is 12.6. The molecule has 7 heteroatoms. The number of hydrogen-bond acceptors (Lipinski definition) is 4. The first-order chi connectivity index (χ1) is 14.1. The van der Waals surface area contributed by atoms with Crippen LogP contribution in [0, 0.1) is 5.92 Å². The quantitative estimate of drug-likeness (QED) is 0.711. The van der Waals surface area contributed by atoms with Crippen LogP contribution in [0.1, 0.15) is 18.4 Å². The molecule has 0 spiro atoms. The van der Waals surface area contributed by atoms with Crippen LogP contribution in [-0.4, -0.2) is 67.6 Å². The minimum absolute atomic E-state index is 0.0110. The molecule has 3 heterocycles. The van der Waals surface area contributed by atoms with Crippen LogP contribution in [0.25, 0.3) is 6.08 Å². The Morgan fingerprint density at radius 3 is 2.59 bits per heavy atom. The van der Waals surface area contributed by atoms with E-state index in [2.05, 4.69) is 0 Å². The van der Waals surface area contributed by atoms with E-state index in [0.29, 0.717) is 63.9 Å². The van der Waals surface area contributed by atoms with Gasteiger partial charge in [-0.2, -0.15) is 0 Å². The number of piperidine rings is 1. The third-order valence-electron chi connectivity index (χ3n) is 5.63. The average molecular weight is 417 g/mol. The molecule has 2 amide bonds. The van der Waals surface area contributed by atoms with Crippen molar-refractivity contribution in [1.29, 1.82) is 0 Å². The molecular formula is C22H25ClN2O4. The Hall–Kier alpha value is -2.31. The Kier molecular flexibility index (Phi) is 6.21. The molecule has 0 saturated carbocycles. The van der Waals surface area contributed by atoms with Gasteiger partial charge in [-0.3, -0.25) is 9.59 Å². The van der Waals surface area contributed by atoms with Gasteiger partial charge in [0.1, 0.15) is 12.4 Å². The van der Waals surface area contributed by atoms with E-state index in [1.807, 2.05) is 28.0 Å². The van der Waals surface area contributed by atoms with Crippen molar-refractivity contribution in [3.8, 4) is 5.75 Å². The number of halogens is 1. The summed E-state index contributed by atoms with van der Waals surface area (Å²) in [5.41, 5.74) is 1.84. The fourth-order valence-electron chi connectivity index (χ4n) is 3.93. The number of carbonyl (C=O) groups is 2. The Morgan fingerprint density at radius 2 is 1.83 bits per heavy atom. The van der Waals surface area contributed by atoms with Crippen LogP contribution >= 0.6 is 11.6 Å². The number of likely N-dealkylation sites (tertiary alicyclic amines) is 1. The van der Waals surface area contributed by atoms with Crippen molar-refractivity contribution in [3.05, 3.63) is 46.5 Å². The van der Waals surface area contributed by atoms with Gasteiger partial charge in [-0.05, 0) is 42.7 Å². The van der Waals surface area contributed by atoms with Gasteiger partial charge in [-0.15, -0.1) is 0 Å². The zero-order valence-electron chi connectivity index (χ0n) is 16.3. The summed E-state index contributed by atoms with van der Waals surface area (Å²) >= 11 is 6.04. The van der Waals surface area contributed by atoms with E-state index < -0.39 is 0 Å². The maximum Gasteiger partial charge on any atom is 0.246 e. The van der Waals surface area contributed by atoms with E-state index in [0.717, 1.165) is 16.9 Å². The second-order valence-corrected chi connectivity index (χ2v) is 8.00. The first-order valence-corrected chi connectivity index (χ1v) is 10.4. The lowest BCUT2D eigenvalue weighted by Crippen LogP contribution is -2.47. The van der Waals surface area contributed by atoms with E-state index in [9.17, 15) is 9.59 Å². The minimum atomic E-state index is -0.0277.